The number of rotatable bonds is 10. The summed E-state index contributed by atoms with van der Waals surface area (Å²) >= 11 is 0. The summed E-state index contributed by atoms with van der Waals surface area (Å²) in [5.74, 6) is -10.4. The van der Waals surface area contributed by atoms with Gasteiger partial charge < -0.3 is 20.4 Å². The summed E-state index contributed by atoms with van der Waals surface area (Å²) in [5.41, 5.74) is -8.26. The monoisotopic (exact) mass is 693 g/mol. The third-order valence-electron chi connectivity index (χ3n) is 14.5. The van der Waals surface area contributed by atoms with Crippen LogP contribution in [0.25, 0.3) is 0 Å². The van der Waals surface area contributed by atoms with Crippen LogP contribution in [0.3, 0.4) is 0 Å². The van der Waals surface area contributed by atoms with Gasteiger partial charge in [-0.25, -0.2) is 0 Å². The molecule has 4 N–H and O–H groups in total. The maximum atomic E-state index is 15.0. The zero-order valence-electron chi connectivity index (χ0n) is 33.0. The number of carboxylic acid groups (broad SMARTS) is 4. The first-order chi connectivity index (χ1) is 21.8. The van der Waals surface area contributed by atoms with E-state index in [-0.39, 0.29) is 12.8 Å². The average Bonchev–Trinajstić information content (AvgIpc) is 2.89. The van der Waals surface area contributed by atoms with Crippen LogP contribution in [0.4, 0.5) is 0 Å². The molecule has 3 rings (SSSR count). The minimum absolute atomic E-state index is 0.191. The summed E-state index contributed by atoms with van der Waals surface area (Å²) in [6, 6.07) is 0. The van der Waals surface area contributed by atoms with Crippen molar-refractivity contribution in [2.75, 3.05) is 21.1 Å². The molecule has 49 heavy (non-hydrogen) atoms. The van der Waals surface area contributed by atoms with E-state index in [9.17, 15) is 39.6 Å². The molecule has 0 amide bonds. The number of aliphatic carboxylic acids is 4. The Morgan fingerprint density at radius 1 is 0.531 bits per heavy atom. The van der Waals surface area contributed by atoms with E-state index in [1.54, 1.807) is 0 Å². The molecule has 282 valence electrons. The van der Waals surface area contributed by atoms with Gasteiger partial charge in [0.1, 0.15) is 5.41 Å². The third kappa shape index (κ3) is 6.43. The van der Waals surface area contributed by atoms with E-state index in [0.29, 0.717) is 25.7 Å². The highest BCUT2D eigenvalue weighted by Gasteiger charge is 2.77. The summed E-state index contributed by atoms with van der Waals surface area (Å²) < 4.78 is 0. The Bertz CT molecular complexity index is 1240. The number of carbonyl (C=O) groups is 4. The lowest BCUT2D eigenvalue weighted by Crippen LogP contribution is -2.75. The highest BCUT2D eigenvalue weighted by Crippen LogP contribution is 2.69. The Kier molecular flexibility index (Phi) is 10.5. The molecule has 0 aromatic carbocycles. The van der Waals surface area contributed by atoms with E-state index in [1.165, 1.54) is 0 Å². The molecule has 2 unspecified atom stereocenters. The molecule has 3 fully saturated rings. The topological polar surface area (TPSA) is 159 Å². The zero-order chi connectivity index (χ0) is 38.3. The molecule has 0 aliphatic carbocycles. The lowest BCUT2D eigenvalue weighted by atomic mass is 9.38. The van der Waals surface area contributed by atoms with Crippen LogP contribution in [0.1, 0.15) is 128 Å². The largest absolute Gasteiger partial charge is 0.481 e. The second-order valence-electron chi connectivity index (χ2n) is 19.7. The van der Waals surface area contributed by atoms with Gasteiger partial charge in [-0.1, -0.05) is 0 Å². The fourth-order valence-corrected chi connectivity index (χ4v) is 11.6. The van der Waals surface area contributed by atoms with Crippen molar-refractivity contribution >= 4 is 23.9 Å². The van der Waals surface area contributed by atoms with Gasteiger partial charge in [0.05, 0.1) is 17.8 Å². The second kappa shape index (κ2) is 12.5. The number of piperidine rings is 3. The third-order valence-corrected chi connectivity index (χ3v) is 14.5. The summed E-state index contributed by atoms with van der Waals surface area (Å²) in [6.45, 7) is 24.2. The van der Waals surface area contributed by atoms with E-state index < -0.39 is 98.0 Å². The first-order valence-corrected chi connectivity index (χ1v) is 17.9. The van der Waals surface area contributed by atoms with Gasteiger partial charge in [0.2, 0.25) is 0 Å². The van der Waals surface area contributed by atoms with E-state index >= 15 is 0 Å². The number of likely N-dealkylation sites (tertiary alicyclic amines) is 3. The Morgan fingerprint density at radius 2 is 0.796 bits per heavy atom. The molecule has 11 heteroatoms. The van der Waals surface area contributed by atoms with Crippen LogP contribution in [0.5, 0.6) is 0 Å². The molecular formula is C38H67N3O8. The van der Waals surface area contributed by atoms with Crippen molar-refractivity contribution in [3.05, 3.63) is 0 Å². The average molecular weight is 694 g/mol. The van der Waals surface area contributed by atoms with Crippen molar-refractivity contribution in [2.45, 2.75) is 161 Å². The summed E-state index contributed by atoms with van der Waals surface area (Å²) in [7, 11) is 5.95. The minimum Gasteiger partial charge on any atom is -0.481 e. The highest BCUT2D eigenvalue weighted by molar-refractivity contribution is 5.93. The number of hydrogen-bond acceptors (Lipinski definition) is 7. The minimum atomic E-state index is -2.49. The molecule has 3 saturated heterocycles. The molecule has 2 atom stereocenters. The smallest absolute Gasteiger partial charge is 0.312 e. The molecule has 3 aliphatic rings. The molecule has 0 spiro atoms. The van der Waals surface area contributed by atoms with Gasteiger partial charge in [0, 0.05) is 33.2 Å². The second-order valence-corrected chi connectivity index (χ2v) is 19.7. The Hall–Kier alpha value is -2.24. The highest BCUT2D eigenvalue weighted by atomic mass is 16.4. The van der Waals surface area contributed by atoms with Crippen LogP contribution in [0.2, 0.25) is 0 Å². The SMILES string of the molecule is CN1C(C)(C)CC(C(C(=O)O)(C2CC(C)(C)N(C)C(C)(C)C2)C(C(=O)O)(C2CC(C)(C)N(C)C(C)(C)C2)C(CC(=O)O)C(=O)O)CC1(C)C. The molecule has 0 radical (unpaired) electrons. The molecule has 11 nitrogen and oxygen atoms in total. The van der Waals surface area contributed by atoms with Crippen LogP contribution < -0.4 is 0 Å². The van der Waals surface area contributed by atoms with E-state index in [2.05, 4.69) is 14.7 Å². The van der Waals surface area contributed by atoms with E-state index in [4.69, 9.17) is 0 Å². The summed E-state index contributed by atoms with van der Waals surface area (Å²) in [4.78, 5) is 62.8. The van der Waals surface area contributed by atoms with Crippen molar-refractivity contribution in [2.24, 2.45) is 34.5 Å². The van der Waals surface area contributed by atoms with Gasteiger partial charge >= 0.3 is 23.9 Å². The van der Waals surface area contributed by atoms with Crippen LogP contribution in [-0.2, 0) is 19.2 Å². The Morgan fingerprint density at radius 3 is 1.00 bits per heavy atom. The van der Waals surface area contributed by atoms with Crippen LogP contribution in [0.15, 0.2) is 0 Å². The van der Waals surface area contributed by atoms with Crippen molar-refractivity contribution in [1.29, 1.82) is 0 Å². The fourth-order valence-electron chi connectivity index (χ4n) is 11.6. The molecule has 3 aliphatic heterocycles. The number of hydrogen-bond donors (Lipinski definition) is 4. The van der Waals surface area contributed by atoms with Gasteiger partial charge in [0.15, 0.2) is 0 Å². The summed E-state index contributed by atoms with van der Waals surface area (Å²) in [5, 5.41) is 45.7. The molecular weight excluding hydrogens is 626 g/mol. The zero-order valence-corrected chi connectivity index (χ0v) is 33.0. The molecule has 0 aromatic heterocycles. The normalized spacial score (nSPS) is 28.3. The van der Waals surface area contributed by atoms with Crippen LogP contribution >= 0.6 is 0 Å². The van der Waals surface area contributed by atoms with E-state index in [1.807, 2.05) is 104 Å². The number of nitrogens with zero attached hydrogens (tertiary/aromatic N) is 3. The van der Waals surface area contributed by atoms with Crippen molar-refractivity contribution in [3.8, 4) is 0 Å². The van der Waals surface area contributed by atoms with E-state index in [0.717, 1.165) is 0 Å². The molecule has 0 aromatic rings. The molecule has 0 bridgehead atoms. The predicted octanol–water partition coefficient (Wildman–Crippen LogP) is 6.00. The van der Waals surface area contributed by atoms with Crippen molar-refractivity contribution in [1.82, 2.24) is 14.7 Å². The van der Waals surface area contributed by atoms with Crippen molar-refractivity contribution < 1.29 is 39.6 Å². The Labute approximate surface area is 294 Å². The standard InChI is InChI=1S/C38H67N3O8/c1-31(2)17-23(18-32(3,4)39(31)13)37(29(46)47,24-19-33(5,6)40(14)34(7,8)20-24)38(30(48)49,26(28(44)45)16-27(42)43)25-21-35(9,10)41(15)36(11,12)22-25/h23-26H,16-22H2,1-15H3,(H,42,43)(H,44,45)(H,46,47)(H,48,49). The summed E-state index contributed by atoms with van der Waals surface area (Å²) in [6.07, 6.45) is 0.608. The van der Waals surface area contributed by atoms with Crippen LogP contribution in [-0.4, -0.2) is 113 Å². The van der Waals surface area contributed by atoms with Crippen LogP contribution in [0, 0.1) is 34.5 Å². The maximum absolute atomic E-state index is 15.0. The Balaban J connectivity index is 2.71. The maximum Gasteiger partial charge on any atom is 0.312 e. The van der Waals surface area contributed by atoms with Gasteiger partial charge in [-0.2, -0.15) is 0 Å². The fraction of sp³-hybridized carbons (Fsp3) is 0.895. The molecule has 3 heterocycles. The predicted molar refractivity (Wildman–Crippen MR) is 189 cm³/mol. The van der Waals surface area contributed by atoms with Gasteiger partial charge in [-0.3, -0.25) is 33.9 Å². The van der Waals surface area contributed by atoms with Crippen molar-refractivity contribution in [3.63, 3.8) is 0 Å². The first-order valence-electron chi connectivity index (χ1n) is 17.9. The lowest BCUT2D eigenvalue weighted by Gasteiger charge is -2.68. The number of carboxylic acids is 4. The quantitative estimate of drug-likeness (QED) is 0.213. The van der Waals surface area contributed by atoms with Gasteiger partial charge in [0.25, 0.3) is 0 Å². The lowest BCUT2D eigenvalue weighted by molar-refractivity contribution is -0.240. The van der Waals surface area contributed by atoms with Gasteiger partial charge in [-0.15, -0.1) is 0 Å². The molecule has 0 saturated carbocycles. The van der Waals surface area contributed by atoms with Gasteiger partial charge in [-0.05, 0) is 161 Å². The first kappa shape index (κ1) is 41.2.